The van der Waals surface area contributed by atoms with Gasteiger partial charge in [0.05, 0.1) is 5.02 Å². The Balaban J connectivity index is 2.04. The van der Waals surface area contributed by atoms with E-state index < -0.39 is 0 Å². The molecule has 0 aromatic heterocycles. The molecule has 0 aliphatic carbocycles. The molecule has 0 saturated heterocycles. The Morgan fingerprint density at radius 3 is 2.62 bits per heavy atom. The minimum atomic E-state index is -0.343. The van der Waals surface area contributed by atoms with E-state index in [4.69, 9.17) is 27.9 Å². The molecule has 0 aliphatic rings. The van der Waals surface area contributed by atoms with E-state index in [1.807, 2.05) is 25.1 Å². The summed E-state index contributed by atoms with van der Waals surface area (Å²) in [5, 5.41) is 4.22. The van der Waals surface area contributed by atoms with Crippen molar-refractivity contribution in [3.8, 4) is 5.75 Å². The molecule has 0 spiro atoms. The third-order valence-electron chi connectivity index (χ3n) is 2.97. The molecule has 2 nitrogen and oxygen atoms in total. The zero-order valence-electron chi connectivity index (χ0n) is 11.6. The molecule has 1 N–H and O–H groups in total. The topological polar surface area (TPSA) is 21.3 Å². The number of ether oxygens (including phenoxy) is 1. The second-order valence-electron chi connectivity index (χ2n) is 4.57. The van der Waals surface area contributed by atoms with E-state index >= 15 is 0 Å². The van der Waals surface area contributed by atoms with Gasteiger partial charge in [0.1, 0.15) is 18.2 Å². The van der Waals surface area contributed by atoms with Gasteiger partial charge in [0.25, 0.3) is 0 Å². The van der Waals surface area contributed by atoms with Crippen molar-refractivity contribution >= 4 is 23.2 Å². The molecule has 2 aromatic rings. The molecule has 2 rings (SSSR count). The van der Waals surface area contributed by atoms with Crippen molar-refractivity contribution in [1.29, 1.82) is 0 Å². The largest absolute Gasteiger partial charge is 0.487 e. The summed E-state index contributed by atoms with van der Waals surface area (Å²) in [6, 6.07) is 9.78. The number of benzene rings is 2. The molecule has 0 saturated carbocycles. The van der Waals surface area contributed by atoms with Crippen LogP contribution >= 0.6 is 23.2 Å². The van der Waals surface area contributed by atoms with Gasteiger partial charge in [-0.3, -0.25) is 0 Å². The summed E-state index contributed by atoms with van der Waals surface area (Å²) in [7, 11) is 0. The molecule has 0 atom stereocenters. The monoisotopic (exact) mass is 327 g/mol. The lowest BCUT2D eigenvalue weighted by Gasteiger charge is -2.11. The van der Waals surface area contributed by atoms with Crippen molar-refractivity contribution in [2.45, 2.75) is 20.1 Å². The molecule has 0 radical (unpaired) electrons. The van der Waals surface area contributed by atoms with Crippen LogP contribution in [0.25, 0.3) is 0 Å². The van der Waals surface area contributed by atoms with Crippen LogP contribution in [0.3, 0.4) is 0 Å². The molecule has 0 bridgehead atoms. The molecule has 0 fully saturated rings. The van der Waals surface area contributed by atoms with Gasteiger partial charge in [-0.1, -0.05) is 36.2 Å². The summed E-state index contributed by atoms with van der Waals surface area (Å²) in [5.41, 5.74) is 1.67. The summed E-state index contributed by atoms with van der Waals surface area (Å²) in [4.78, 5) is 0. The molecule has 112 valence electrons. The molecule has 0 unspecified atom stereocenters. The highest BCUT2D eigenvalue weighted by Crippen LogP contribution is 2.27. The van der Waals surface area contributed by atoms with Gasteiger partial charge >= 0.3 is 0 Å². The summed E-state index contributed by atoms with van der Waals surface area (Å²) >= 11 is 12.2. The quantitative estimate of drug-likeness (QED) is 0.821. The average molecular weight is 328 g/mol. The Kier molecular flexibility index (Phi) is 5.85. The fourth-order valence-corrected chi connectivity index (χ4v) is 2.28. The van der Waals surface area contributed by atoms with Crippen LogP contribution in [-0.4, -0.2) is 6.54 Å². The molecule has 0 aliphatic heterocycles. The van der Waals surface area contributed by atoms with Gasteiger partial charge in [-0.05, 0) is 42.4 Å². The number of rotatable bonds is 6. The van der Waals surface area contributed by atoms with Gasteiger partial charge in [0, 0.05) is 17.1 Å². The standard InChI is InChI=1S/C16H16Cl2FNO/c1-2-20-9-11-3-6-16(15(18)7-11)21-10-12-8-13(19)4-5-14(12)17/h3-8,20H,2,9-10H2,1H3. The molecular weight excluding hydrogens is 312 g/mol. The van der Waals surface area contributed by atoms with Gasteiger partial charge < -0.3 is 10.1 Å². The van der Waals surface area contributed by atoms with Gasteiger partial charge in [-0.25, -0.2) is 4.39 Å². The van der Waals surface area contributed by atoms with Gasteiger partial charge in [-0.15, -0.1) is 0 Å². The van der Waals surface area contributed by atoms with Crippen molar-refractivity contribution in [3.05, 3.63) is 63.4 Å². The maximum atomic E-state index is 13.2. The van der Waals surface area contributed by atoms with Crippen LogP contribution in [-0.2, 0) is 13.2 Å². The third-order valence-corrected chi connectivity index (χ3v) is 3.63. The number of hydrogen-bond donors (Lipinski definition) is 1. The number of hydrogen-bond acceptors (Lipinski definition) is 2. The number of halogens is 3. The first-order valence-electron chi connectivity index (χ1n) is 6.66. The normalized spacial score (nSPS) is 10.7. The van der Waals surface area contributed by atoms with Crippen LogP contribution in [0, 0.1) is 5.82 Å². The maximum absolute atomic E-state index is 13.2. The first-order chi connectivity index (χ1) is 10.1. The third kappa shape index (κ3) is 4.60. The van der Waals surface area contributed by atoms with E-state index in [-0.39, 0.29) is 12.4 Å². The summed E-state index contributed by atoms with van der Waals surface area (Å²) in [6.45, 7) is 3.87. The predicted molar refractivity (Wildman–Crippen MR) is 84.6 cm³/mol. The Hall–Kier alpha value is -1.29. The van der Waals surface area contributed by atoms with E-state index in [0.717, 1.165) is 18.7 Å². The smallest absolute Gasteiger partial charge is 0.138 e. The van der Waals surface area contributed by atoms with Crippen LogP contribution in [0.15, 0.2) is 36.4 Å². The van der Waals surface area contributed by atoms with Crippen LogP contribution in [0.4, 0.5) is 4.39 Å². The molecular formula is C16H16Cl2FNO. The lowest BCUT2D eigenvalue weighted by Crippen LogP contribution is -2.11. The van der Waals surface area contributed by atoms with Crippen molar-refractivity contribution < 1.29 is 9.13 Å². The van der Waals surface area contributed by atoms with E-state index in [9.17, 15) is 4.39 Å². The fourth-order valence-electron chi connectivity index (χ4n) is 1.85. The van der Waals surface area contributed by atoms with Gasteiger partial charge in [0.2, 0.25) is 0 Å². The molecule has 0 heterocycles. The first kappa shape index (κ1) is 16.1. The lowest BCUT2D eigenvalue weighted by atomic mass is 10.2. The van der Waals surface area contributed by atoms with Crippen LogP contribution in [0.2, 0.25) is 10.0 Å². The first-order valence-corrected chi connectivity index (χ1v) is 7.41. The second-order valence-corrected chi connectivity index (χ2v) is 5.38. The Labute approximate surface area is 133 Å². The molecule has 2 aromatic carbocycles. The summed E-state index contributed by atoms with van der Waals surface area (Å²) in [5.74, 6) is 0.210. The lowest BCUT2D eigenvalue weighted by molar-refractivity contribution is 0.306. The van der Waals surface area contributed by atoms with Crippen LogP contribution < -0.4 is 10.1 Å². The molecule has 21 heavy (non-hydrogen) atoms. The van der Waals surface area contributed by atoms with Crippen LogP contribution in [0.5, 0.6) is 5.75 Å². The SMILES string of the molecule is CCNCc1ccc(OCc2cc(F)ccc2Cl)c(Cl)c1. The van der Waals surface area contributed by atoms with Crippen molar-refractivity contribution in [3.63, 3.8) is 0 Å². The Morgan fingerprint density at radius 1 is 1.10 bits per heavy atom. The second kappa shape index (κ2) is 7.64. The fraction of sp³-hybridized carbons (Fsp3) is 0.250. The zero-order chi connectivity index (χ0) is 15.2. The predicted octanol–water partition coefficient (Wildman–Crippen LogP) is 4.82. The van der Waals surface area contributed by atoms with Crippen molar-refractivity contribution in [1.82, 2.24) is 5.32 Å². The minimum absolute atomic E-state index is 0.170. The van der Waals surface area contributed by atoms with E-state index in [1.54, 1.807) is 0 Å². The minimum Gasteiger partial charge on any atom is -0.487 e. The summed E-state index contributed by atoms with van der Waals surface area (Å²) in [6.07, 6.45) is 0. The highest BCUT2D eigenvalue weighted by Gasteiger charge is 2.07. The van der Waals surface area contributed by atoms with E-state index in [0.29, 0.717) is 21.4 Å². The maximum Gasteiger partial charge on any atom is 0.138 e. The Bertz CT molecular complexity index is 619. The molecule has 0 amide bonds. The van der Waals surface area contributed by atoms with Crippen LogP contribution in [0.1, 0.15) is 18.1 Å². The average Bonchev–Trinajstić information content (AvgIpc) is 2.47. The number of nitrogens with one attached hydrogen (secondary N) is 1. The van der Waals surface area contributed by atoms with Gasteiger partial charge in [0.15, 0.2) is 0 Å². The zero-order valence-corrected chi connectivity index (χ0v) is 13.1. The van der Waals surface area contributed by atoms with Crippen molar-refractivity contribution in [2.75, 3.05) is 6.54 Å². The van der Waals surface area contributed by atoms with E-state index in [1.165, 1.54) is 18.2 Å². The van der Waals surface area contributed by atoms with Gasteiger partial charge in [-0.2, -0.15) is 0 Å². The van der Waals surface area contributed by atoms with Crippen molar-refractivity contribution in [2.24, 2.45) is 0 Å². The molecule has 5 heteroatoms. The highest BCUT2D eigenvalue weighted by molar-refractivity contribution is 6.32. The van der Waals surface area contributed by atoms with E-state index in [2.05, 4.69) is 5.32 Å². The summed E-state index contributed by atoms with van der Waals surface area (Å²) < 4.78 is 18.8. The highest BCUT2D eigenvalue weighted by atomic mass is 35.5. The Morgan fingerprint density at radius 2 is 1.90 bits per heavy atom.